The average Bonchev–Trinajstić information content (AvgIpc) is 3.07. The monoisotopic (exact) mass is 648 g/mol. The first-order valence-corrected chi connectivity index (χ1v) is 20.7. The van der Waals surface area contributed by atoms with Gasteiger partial charge in [0.2, 0.25) is 0 Å². The second kappa shape index (κ2) is 13.7. The molecule has 0 saturated heterocycles. The summed E-state index contributed by atoms with van der Waals surface area (Å²) >= 11 is 0. The number of halogens is 1. The molecule has 220 valence electrons. The normalized spacial score (nSPS) is 11.8. The first-order valence-electron chi connectivity index (χ1n) is 14.6. The minimum atomic E-state index is -3.00. The highest BCUT2D eigenvalue weighted by molar-refractivity contribution is 8.33. The molecule has 0 spiro atoms. The lowest BCUT2D eigenvalue weighted by Crippen LogP contribution is -3.00. The molecule has 0 bridgehead atoms. The van der Waals surface area contributed by atoms with E-state index < -0.39 is 21.3 Å². The van der Waals surface area contributed by atoms with Gasteiger partial charge in [-0.15, -0.1) is 0 Å². The van der Waals surface area contributed by atoms with Crippen LogP contribution in [0.3, 0.4) is 0 Å². The van der Waals surface area contributed by atoms with Gasteiger partial charge in [-0.1, -0.05) is 146 Å². The van der Waals surface area contributed by atoms with E-state index in [1.54, 1.807) is 0 Å². The zero-order valence-corrected chi connectivity index (χ0v) is 28.4. The lowest BCUT2D eigenvalue weighted by molar-refractivity contribution is -0.00000959. The fourth-order valence-electron chi connectivity index (χ4n) is 6.44. The van der Waals surface area contributed by atoms with E-state index in [2.05, 4.69) is 182 Å². The Hall–Kier alpha value is -3.43. The predicted molar refractivity (Wildman–Crippen MR) is 195 cm³/mol. The van der Waals surface area contributed by atoms with Gasteiger partial charge >= 0.3 is 0 Å². The molecule has 6 aromatic rings. The van der Waals surface area contributed by atoms with Crippen LogP contribution in [-0.4, -0.2) is 18.1 Å². The van der Waals surface area contributed by atoms with E-state index in [1.807, 2.05) is 13.3 Å². The van der Waals surface area contributed by atoms with Gasteiger partial charge in [-0.25, -0.2) is 0 Å². The Kier molecular flexibility index (Phi) is 9.95. The molecule has 0 atom stereocenters. The fourth-order valence-corrected chi connectivity index (χ4v) is 25.1. The Labute approximate surface area is 269 Å². The number of hydrogen-bond acceptors (Lipinski definition) is 1. The Morgan fingerprint density at radius 1 is 0.409 bits per heavy atom. The maximum Gasteiger partial charge on any atom is 0.152 e. The summed E-state index contributed by atoms with van der Waals surface area (Å²) in [5.74, 6) is 0. The number of hydrogen-bond donors (Lipinski definition) is 0. The molecule has 0 aliphatic heterocycles. The summed E-state index contributed by atoms with van der Waals surface area (Å²) in [4.78, 5) is 0. The molecule has 0 heterocycles. The van der Waals surface area contributed by atoms with Gasteiger partial charge in [-0.2, -0.15) is 0 Å². The van der Waals surface area contributed by atoms with Gasteiger partial charge in [0.25, 0.3) is 0 Å². The van der Waals surface area contributed by atoms with Crippen molar-refractivity contribution in [1.82, 2.24) is 0 Å². The standard InChI is InChI=1S/C39H36OP3.ClH/c1-41(2,40)39(42(33-21-9-3-10-22-33,34-23-11-4-12-24-34)35-25-13-5-14-26-35)43(36-27-15-6-16-28-36,37-29-17-7-18-30-37)38-31-19-8-20-32-38;/h3-32H,1-2H3;1H/q+1;/p-1. The zero-order valence-electron chi connectivity index (χ0n) is 24.9. The third-order valence-electron chi connectivity index (χ3n) is 7.94. The number of benzene rings is 6. The summed E-state index contributed by atoms with van der Waals surface area (Å²) in [7, 11) is -5.70. The quantitative estimate of drug-likeness (QED) is 0.219. The first-order chi connectivity index (χ1) is 21.0. The van der Waals surface area contributed by atoms with Crippen LogP contribution >= 0.6 is 21.3 Å². The molecular formula is C39H36ClOP3. The van der Waals surface area contributed by atoms with Crippen LogP contribution in [0, 0.1) is 0 Å². The van der Waals surface area contributed by atoms with Crippen molar-refractivity contribution in [2.45, 2.75) is 0 Å². The SMILES string of the molecule is CP(C)(=O)C(=P(c1ccccc1)(c1ccccc1)c1ccccc1)[P+](c1ccccc1)(c1ccccc1)c1ccccc1.[Cl-]. The molecule has 0 amide bonds. The topological polar surface area (TPSA) is 17.1 Å². The maximum absolute atomic E-state index is 15.7. The Balaban J connectivity index is 0.00000384. The van der Waals surface area contributed by atoms with E-state index in [1.165, 1.54) is 36.6 Å². The minimum absolute atomic E-state index is 0. The summed E-state index contributed by atoms with van der Waals surface area (Å²) in [6, 6.07) is 65.3. The van der Waals surface area contributed by atoms with Crippen LogP contribution in [0.2, 0.25) is 0 Å². The van der Waals surface area contributed by atoms with Crippen LogP contribution in [-0.2, 0) is 4.57 Å². The van der Waals surface area contributed by atoms with Gasteiger partial charge in [-0.3, -0.25) is 0 Å². The lowest BCUT2D eigenvalue weighted by atomic mass is 10.4. The molecule has 0 saturated carbocycles. The number of rotatable bonds is 8. The highest BCUT2D eigenvalue weighted by Crippen LogP contribution is 2.74. The summed E-state index contributed by atoms with van der Waals surface area (Å²) in [5.41, 5.74) is 0. The molecule has 0 aliphatic carbocycles. The van der Waals surface area contributed by atoms with Crippen molar-refractivity contribution in [2.24, 2.45) is 0 Å². The van der Waals surface area contributed by atoms with Crippen molar-refractivity contribution in [3.05, 3.63) is 182 Å². The van der Waals surface area contributed by atoms with Gasteiger partial charge in [0.15, 0.2) is 4.78 Å². The maximum atomic E-state index is 15.7. The van der Waals surface area contributed by atoms with Gasteiger partial charge in [0, 0.05) is 6.89 Å². The van der Waals surface area contributed by atoms with Crippen LogP contribution in [0.25, 0.3) is 0 Å². The lowest BCUT2D eigenvalue weighted by Gasteiger charge is -2.39. The van der Waals surface area contributed by atoms with Crippen LogP contribution in [0.5, 0.6) is 0 Å². The van der Waals surface area contributed by atoms with E-state index in [0.29, 0.717) is 0 Å². The molecule has 5 heteroatoms. The van der Waals surface area contributed by atoms with Crippen molar-refractivity contribution < 1.29 is 17.0 Å². The van der Waals surface area contributed by atoms with Crippen LogP contribution in [0.4, 0.5) is 0 Å². The van der Waals surface area contributed by atoms with E-state index in [0.717, 1.165) is 0 Å². The second-order valence-corrected chi connectivity index (χ2v) is 21.9. The van der Waals surface area contributed by atoms with E-state index >= 15 is 4.57 Å². The minimum Gasteiger partial charge on any atom is -1.00 e. The van der Waals surface area contributed by atoms with Gasteiger partial charge in [0.1, 0.15) is 30.3 Å². The molecule has 44 heavy (non-hydrogen) atoms. The highest BCUT2D eigenvalue weighted by atomic mass is 35.5. The molecule has 0 aromatic heterocycles. The summed E-state index contributed by atoms with van der Waals surface area (Å²) < 4.78 is 16.8. The molecule has 0 N–H and O–H groups in total. The average molecular weight is 649 g/mol. The summed E-state index contributed by atoms with van der Waals surface area (Å²) in [5, 5.41) is 7.32. The fraction of sp³-hybridized carbons (Fsp3) is 0.0513. The molecule has 0 radical (unpaired) electrons. The molecular weight excluding hydrogens is 613 g/mol. The van der Waals surface area contributed by atoms with Crippen LogP contribution in [0.1, 0.15) is 0 Å². The summed E-state index contributed by atoms with van der Waals surface area (Å²) in [6.45, 7) is 1.32. The molecule has 0 aliphatic rings. The second-order valence-electron chi connectivity index (χ2n) is 11.0. The highest BCUT2D eigenvalue weighted by Gasteiger charge is 2.58. The van der Waals surface area contributed by atoms with Crippen molar-refractivity contribution in [2.75, 3.05) is 13.3 Å². The largest absolute Gasteiger partial charge is 1.00 e. The molecule has 0 unspecified atom stereocenters. The molecule has 6 rings (SSSR count). The van der Waals surface area contributed by atoms with Crippen molar-refractivity contribution >= 4 is 57.9 Å². The molecule has 1 nitrogen and oxygen atoms in total. The van der Waals surface area contributed by atoms with Crippen molar-refractivity contribution in [3.63, 3.8) is 0 Å². The Bertz CT molecular complexity index is 1690. The molecule has 0 fully saturated rings. The van der Waals surface area contributed by atoms with Crippen molar-refractivity contribution in [3.8, 4) is 0 Å². The smallest absolute Gasteiger partial charge is 0.152 e. The van der Waals surface area contributed by atoms with Crippen LogP contribution < -0.4 is 44.2 Å². The zero-order chi connectivity index (χ0) is 29.8. The van der Waals surface area contributed by atoms with Gasteiger partial charge in [0.05, 0.1) is 0 Å². The van der Waals surface area contributed by atoms with Crippen molar-refractivity contribution in [1.29, 1.82) is 0 Å². The first kappa shape index (κ1) is 32.0. The predicted octanol–water partition coefficient (Wildman–Crippen LogP) is 4.69. The third-order valence-corrected chi connectivity index (χ3v) is 23.0. The van der Waals surface area contributed by atoms with Gasteiger partial charge < -0.3 is 17.0 Å². The van der Waals surface area contributed by atoms with Gasteiger partial charge in [-0.05, 0) is 65.6 Å². The van der Waals surface area contributed by atoms with E-state index in [9.17, 15) is 0 Å². The van der Waals surface area contributed by atoms with Crippen LogP contribution in [0.15, 0.2) is 182 Å². The summed E-state index contributed by atoms with van der Waals surface area (Å²) in [6.07, 6.45) is 0. The third kappa shape index (κ3) is 5.60. The Morgan fingerprint density at radius 3 is 0.864 bits per heavy atom. The molecule has 6 aromatic carbocycles. The van der Waals surface area contributed by atoms with E-state index in [4.69, 9.17) is 0 Å². The Morgan fingerprint density at radius 2 is 0.636 bits per heavy atom. The van der Waals surface area contributed by atoms with E-state index in [-0.39, 0.29) is 12.4 Å².